The van der Waals surface area contributed by atoms with Crippen LogP contribution in [-0.2, 0) is 6.42 Å². The van der Waals surface area contributed by atoms with Crippen molar-refractivity contribution in [2.45, 2.75) is 19.3 Å². The van der Waals surface area contributed by atoms with Crippen LogP contribution in [0.1, 0.15) is 24.0 Å². The number of fused-ring (bicyclic) bond motifs is 1. The predicted molar refractivity (Wildman–Crippen MR) is 61.5 cm³/mol. The van der Waals surface area contributed by atoms with Crippen LogP contribution in [0.2, 0.25) is 10.0 Å². The smallest absolute Gasteiger partial charge is 0.0456 e. The Balaban J connectivity index is 2.53. The molecule has 1 N–H and O–H groups in total. The van der Waals surface area contributed by atoms with Gasteiger partial charge in [0.2, 0.25) is 0 Å². The highest BCUT2D eigenvalue weighted by Gasteiger charge is 2.17. The summed E-state index contributed by atoms with van der Waals surface area (Å²) in [7, 11) is 0. The Hall–Kier alpha value is -0.240. The fourth-order valence-corrected chi connectivity index (χ4v) is 2.57. The van der Waals surface area contributed by atoms with Crippen LogP contribution >= 0.6 is 23.2 Å². The van der Waals surface area contributed by atoms with Gasteiger partial charge in [-0.2, -0.15) is 0 Å². The monoisotopic (exact) mass is 229 g/mol. The molecule has 3 heteroatoms. The van der Waals surface area contributed by atoms with Gasteiger partial charge in [0.05, 0.1) is 0 Å². The minimum Gasteiger partial charge on any atom is -0.316 e. The Bertz CT molecular complexity index is 349. The molecule has 1 aliphatic rings. The molecule has 1 unspecified atom stereocenters. The number of hydrogen-bond acceptors (Lipinski definition) is 1. The summed E-state index contributed by atoms with van der Waals surface area (Å²) in [4.78, 5) is 0. The maximum atomic E-state index is 6.17. The first-order valence-corrected chi connectivity index (χ1v) is 5.62. The molecule has 0 fully saturated rings. The van der Waals surface area contributed by atoms with Gasteiger partial charge in [0, 0.05) is 16.6 Å². The van der Waals surface area contributed by atoms with Gasteiger partial charge in [-0.25, -0.2) is 0 Å². The maximum absolute atomic E-state index is 6.17. The van der Waals surface area contributed by atoms with Gasteiger partial charge in [0.15, 0.2) is 0 Å². The maximum Gasteiger partial charge on any atom is 0.0456 e. The molecule has 1 nitrogen and oxygen atoms in total. The van der Waals surface area contributed by atoms with Gasteiger partial charge in [-0.15, -0.1) is 0 Å². The van der Waals surface area contributed by atoms with Crippen LogP contribution in [0.5, 0.6) is 0 Å². The van der Waals surface area contributed by atoms with E-state index in [4.69, 9.17) is 23.2 Å². The standard InChI is InChI=1S/C11H13Cl2N/c1-7-6-14-3-2-9-10(7)4-8(12)5-11(9)13/h4-5,7,14H,2-3,6H2,1H3. The molecule has 0 saturated heterocycles. The molecule has 14 heavy (non-hydrogen) atoms. The minimum atomic E-state index is 0.490. The van der Waals surface area contributed by atoms with E-state index in [0.717, 1.165) is 29.6 Å². The third-order valence-electron chi connectivity index (χ3n) is 2.73. The zero-order valence-electron chi connectivity index (χ0n) is 8.11. The number of benzene rings is 1. The van der Waals surface area contributed by atoms with Crippen LogP contribution in [0.3, 0.4) is 0 Å². The topological polar surface area (TPSA) is 12.0 Å². The molecular weight excluding hydrogens is 217 g/mol. The van der Waals surface area contributed by atoms with Crippen LogP contribution < -0.4 is 5.32 Å². The summed E-state index contributed by atoms with van der Waals surface area (Å²) < 4.78 is 0. The highest BCUT2D eigenvalue weighted by Crippen LogP contribution is 2.31. The van der Waals surface area contributed by atoms with E-state index < -0.39 is 0 Å². The van der Waals surface area contributed by atoms with Crippen LogP contribution in [-0.4, -0.2) is 13.1 Å². The zero-order chi connectivity index (χ0) is 10.1. The van der Waals surface area contributed by atoms with Crippen molar-refractivity contribution < 1.29 is 0 Å². The Labute approximate surface area is 94.4 Å². The van der Waals surface area contributed by atoms with Crippen molar-refractivity contribution in [3.8, 4) is 0 Å². The van der Waals surface area contributed by atoms with E-state index in [1.165, 1.54) is 11.1 Å². The molecule has 0 spiro atoms. The summed E-state index contributed by atoms with van der Waals surface area (Å²) in [6.07, 6.45) is 0.996. The Morgan fingerprint density at radius 1 is 1.36 bits per heavy atom. The molecule has 0 aromatic heterocycles. The number of rotatable bonds is 0. The lowest BCUT2D eigenvalue weighted by Gasteiger charge is -2.13. The third kappa shape index (κ3) is 1.90. The minimum absolute atomic E-state index is 0.490. The number of nitrogens with one attached hydrogen (secondary N) is 1. The van der Waals surface area contributed by atoms with Crippen molar-refractivity contribution in [1.29, 1.82) is 0 Å². The Morgan fingerprint density at radius 3 is 2.93 bits per heavy atom. The van der Waals surface area contributed by atoms with E-state index in [0.29, 0.717) is 5.92 Å². The Morgan fingerprint density at radius 2 is 2.14 bits per heavy atom. The lowest BCUT2D eigenvalue weighted by Crippen LogP contribution is -2.18. The van der Waals surface area contributed by atoms with Crippen LogP contribution in [0.4, 0.5) is 0 Å². The van der Waals surface area contributed by atoms with E-state index in [-0.39, 0.29) is 0 Å². The second-order valence-electron chi connectivity index (χ2n) is 3.81. The van der Waals surface area contributed by atoms with Crippen LogP contribution in [0, 0.1) is 0 Å². The van der Waals surface area contributed by atoms with Gasteiger partial charge >= 0.3 is 0 Å². The molecule has 76 valence electrons. The van der Waals surface area contributed by atoms with Crippen molar-refractivity contribution in [1.82, 2.24) is 5.32 Å². The van der Waals surface area contributed by atoms with Crippen LogP contribution in [0.25, 0.3) is 0 Å². The molecule has 0 amide bonds. The van der Waals surface area contributed by atoms with Crippen LogP contribution in [0.15, 0.2) is 12.1 Å². The average molecular weight is 230 g/mol. The molecule has 2 rings (SSSR count). The number of hydrogen-bond donors (Lipinski definition) is 1. The van der Waals surface area contributed by atoms with E-state index in [1.807, 2.05) is 12.1 Å². The first-order valence-electron chi connectivity index (χ1n) is 4.87. The fourth-order valence-electron chi connectivity index (χ4n) is 1.97. The predicted octanol–water partition coefficient (Wildman–Crippen LogP) is 3.24. The van der Waals surface area contributed by atoms with E-state index in [9.17, 15) is 0 Å². The van der Waals surface area contributed by atoms with E-state index in [2.05, 4.69) is 12.2 Å². The van der Waals surface area contributed by atoms with Crippen molar-refractivity contribution in [3.63, 3.8) is 0 Å². The number of halogens is 2. The van der Waals surface area contributed by atoms with Gasteiger partial charge in [0.1, 0.15) is 0 Å². The Kier molecular flexibility index (Phi) is 3.01. The SMILES string of the molecule is CC1CNCCc2c(Cl)cc(Cl)cc21. The summed E-state index contributed by atoms with van der Waals surface area (Å²) in [6.45, 7) is 4.20. The second-order valence-corrected chi connectivity index (χ2v) is 4.65. The molecule has 1 aromatic carbocycles. The van der Waals surface area contributed by atoms with Gasteiger partial charge in [0.25, 0.3) is 0 Å². The van der Waals surface area contributed by atoms with Crippen molar-refractivity contribution in [2.24, 2.45) is 0 Å². The molecule has 1 heterocycles. The summed E-state index contributed by atoms with van der Waals surface area (Å²) in [6, 6.07) is 3.88. The summed E-state index contributed by atoms with van der Waals surface area (Å²) >= 11 is 12.2. The van der Waals surface area contributed by atoms with Gasteiger partial charge < -0.3 is 5.32 Å². The van der Waals surface area contributed by atoms with Crippen molar-refractivity contribution in [2.75, 3.05) is 13.1 Å². The summed E-state index contributed by atoms with van der Waals surface area (Å²) in [5, 5.41) is 4.94. The quantitative estimate of drug-likeness (QED) is 0.721. The zero-order valence-corrected chi connectivity index (χ0v) is 9.62. The lowest BCUT2D eigenvalue weighted by atomic mass is 9.95. The molecule has 0 bridgehead atoms. The van der Waals surface area contributed by atoms with Gasteiger partial charge in [-0.05, 0) is 42.1 Å². The molecule has 0 saturated carbocycles. The first kappa shape index (κ1) is 10.3. The molecule has 1 aliphatic heterocycles. The molecule has 0 radical (unpaired) electrons. The summed E-state index contributed by atoms with van der Waals surface area (Å²) in [5.74, 6) is 0.490. The van der Waals surface area contributed by atoms with E-state index in [1.54, 1.807) is 0 Å². The third-order valence-corrected chi connectivity index (χ3v) is 3.28. The highest BCUT2D eigenvalue weighted by atomic mass is 35.5. The first-order chi connectivity index (χ1) is 6.68. The van der Waals surface area contributed by atoms with Gasteiger partial charge in [-0.3, -0.25) is 0 Å². The average Bonchev–Trinajstić information content (AvgIpc) is 2.29. The van der Waals surface area contributed by atoms with Crippen molar-refractivity contribution >= 4 is 23.2 Å². The normalized spacial score (nSPS) is 21.5. The molecule has 1 atom stereocenters. The second kappa shape index (κ2) is 4.09. The van der Waals surface area contributed by atoms with Gasteiger partial charge in [-0.1, -0.05) is 30.1 Å². The summed E-state index contributed by atoms with van der Waals surface area (Å²) in [5.41, 5.74) is 2.56. The lowest BCUT2D eigenvalue weighted by molar-refractivity contribution is 0.644. The molecule has 1 aromatic rings. The largest absolute Gasteiger partial charge is 0.316 e. The highest BCUT2D eigenvalue weighted by molar-refractivity contribution is 6.35. The fraction of sp³-hybridized carbons (Fsp3) is 0.455. The molecule has 0 aliphatic carbocycles. The van der Waals surface area contributed by atoms with Crippen molar-refractivity contribution in [3.05, 3.63) is 33.3 Å². The van der Waals surface area contributed by atoms with E-state index >= 15 is 0 Å². The molecular formula is C11H13Cl2N.